The fourth-order valence-electron chi connectivity index (χ4n) is 4.01. The summed E-state index contributed by atoms with van der Waals surface area (Å²) in [5, 5.41) is 5.63. The van der Waals surface area contributed by atoms with Crippen LogP contribution in [0.4, 0.5) is 9.18 Å². The van der Waals surface area contributed by atoms with E-state index < -0.39 is 11.9 Å². The standard InChI is InChI=1S/C24H24FN5O3/c1-2-13-30-19-14-29(15-20(31)27-12-10-18-5-3-4-11-26-18)23(32)21(19)22(28-24(30)33)16-6-8-17(25)9-7-16/h2-9,11,22H,1,10,12-15H2,(H,27,31)(H,28,33)/t22-/m1/s1. The van der Waals surface area contributed by atoms with E-state index in [4.69, 9.17) is 0 Å². The van der Waals surface area contributed by atoms with Crippen LogP contribution in [0.25, 0.3) is 0 Å². The first-order chi connectivity index (χ1) is 16.0. The van der Waals surface area contributed by atoms with Gasteiger partial charge in [-0.25, -0.2) is 9.18 Å². The van der Waals surface area contributed by atoms with Gasteiger partial charge in [-0.1, -0.05) is 24.3 Å². The van der Waals surface area contributed by atoms with E-state index in [1.165, 1.54) is 34.1 Å². The summed E-state index contributed by atoms with van der Waals surface area (Å²) in [6.45, 7) is 4.28. The number of rotatable bonds is 8. The molecule has 0 fully saturated rings. The Labute approximate surface area is 190 Å². The quantitative estimate of drug-likeness (QED) is 0.602. The van der Waals surface area contributed by atoms with Gasteiger partial charge in [0.15, 0.2) is 0 Å². The summed E-state index contributed by atoms with van der Waals surface area (Å²) in [6.07, 6.45) is 3.84. The molecule has 0 unspecified atom stereocenters. The minimum absolute atomic E-state index is 0.126. The van der Waals surface area contributed by atoms with Crippen molar-refractivity contribution < 1.29 is 18.8 Å². The molecule has 0 spiro atoms. The molecule has 0 saturated carbocycles. The number of nitrogens with one attached hydrogen (secondary N) is 2. The lowest BCUT2D eigenvalue weighted by molar-refractivity contribution is -0.131. The lowest BCUT2D eigenvalue weighted by Crippen LogP contribution is -2.47. The van der Waals surface area contributed by atoms with Crippen LogP contribution >= 0.6 is 0 Å². The van der Waals surface area contributed by atoms with Gasteiger partial charge in [0.05, 0.1) is 23.9 Å². The maximum Gasteiger partial charge on any atom is 0.322 e. The minimum atomic E-state index is -0.723. The number of carbonyl (C=O) groups is 3. The first-order valence-electron chi connectivity index (χ1n) is 10.6. The van der Waals surface area contributed by atoms with E-state index in [9.17, 15) is 18.8 Å². The summed E-state index contributed by atoms with van der Waals surface area (Å²) in [4.78, 5) is 45.6. The summed E-state index contributed by atoms with van der Waals surface area (Å²) in [7, 11) is 0. The number of benzene rings is 1. The molecule has 0 radical (unpaired) electrons. The smallest absolute Gasteiger partial charge is 0.322 e. The fourth-order valence-corrected chi connectivity index (χ4v) is 4.01. The van der Waals surface area contributed by atoms with Crippen LogP contribution < -0.4 is 10.6 Å². The molecule has 33 heavy (non-hydrogen) atoms. The van der Waals surface area contributed by atoms with Crippen molar-refractivity contribution in [2.75, 3.05) is 26.2 Å². The van der Waals surface area contributed by atoms with Gasteiger partial charge in [-0.3, -0.25) is 19.5 Å². The number of aromatic nitrogens is 1. The highest BCUT2D eigenvalue weighted by Gasteiger charge is 2.44. The second-order valence-electron chi connectivity index (χ2n) is 7.78. The average Bonchev–Trinajstić information content (AvgIpc) is 3.12. The van der Waals surface area contributed by atoms with Crippen molar-refractivity contribution in [2.24, 2.45) is 0 Å². The number of amides is 4. The van der Waals surface area contributed by atoms with Gasteiger partial charge in [-0.05, 0) is 29.8 Å². The van der Waals surface area contributed by atoms with E-state index >= 15 is 0 Å². The molecular formula is C24H24FN5O3. The van der Waals surface area contributed by atoms with Gasteiger partial charge < -0.3 is 15.5 Å². The first-order valence-corrected chi connectivity index (χ1v) is 10.6. The molecule has 4 rings (SSSR count). The van der Waals surface area contributed by atoms with Crippen LogP contribution in [-0.2, 0) is 16.0 Å². The Morgan fingerprint density at radius 2 is 2.03 bits per heavy atom. The number of urea groups is 1. The van der Waals surface area contributed by atoms with Crippen molar-refractivity contribution >= 4 is 17.8 Å². The predicted molar refractivity (Wildman–Crippen MR) is 119 cm³/mol. The zero-order valence-electron chi connectivity index (χ0n) is 18.0. The molecule has 0 aliphatic carbocycles. The zero-order chi connectivity index (χ0) is 23.4. The monoisotopic (exact) mass is 449 g/mol. The minimum Gasteiger partial charge on any atom is -0.354 e. The van der Waals surface area contributed by atoms with Gasteiger partial charge in [0.25, 0.3) is 5.91 Å². The van der Waals surface area contributed by atoms with Crippen LogP contribution in [0.2, 0.25) is 0 Å². The van der Waals surface area contributed by atoms with E-state index in [1.54, 1.807) is 12.3 Å². The molecule has 3 heterocycles. The van der Waals surface area contributed by atoms with Crippen molar-refractivity contribution in [3.8, 4) is 0 Å². The molecule has 9 heteroatoms. The molecule has 1 aromatic carbocycles. The van der Waals surface area contributed by atoms with Gasteiger partial charge in [0.2, 0.25) is 5.91 Å². The molecule has 1 atom stereocenters. The zero-order valence-corrected chi connectivity index (χ0v) is 18.0. The second-order valence-corrected chi connectivity index (χ2v) is 7.78. The van der Waals surface area contributed by atoms with Crippen molar-refractivity contribution in [3.05, 3.63) is 89.7 Å². The highest BCUT2D eigenvalue weighted by atomic mass is 19.1. The molecule has 2 aromatic rings. The number of pyridine rings is 1. The molecular weight excluding hydrogens is 425 g/mol. The Bertz CT molecular complexity index is 1100. The highest BCUT2D eigenvalue weighted by molar-refractivity contribution is 6.03. The van der Waals surface area contributed by atoms with Crippen molar-refractivity contribution in [3.63, 3.8) is 0 Å². The number of nitrogens with zero attached hydrogens (tertiary/aromatic N) is 3. The van der Waals surface area contributed by atoms with Crippen molar-refractivity contribution in [1.82, 2.24) is 25.4 Å². The van der Waals surface area contributed by atoms with Gasteiger partial charge in [0.1, 0.15) is 12.4 Å². The van der Waals surface area contributed by atoms with Crippen LogP contribution in [0.1, 0.15) is 17.3 Å². The maximum absolute atomic E-state index is 13.4. The SMILES string of the molecule is C=CCN1C(=O)N[C@H](c2ccc(F)cc2)C2=C1CN(CC(=O)NCCc1ccccn1)C2=O. The highest BCUT2D eigenvalue weighted by Crippen LogP contribution is 2.36. The topological polar surface area (TPSA) is 94.6 Å². The molecule has 2 aliphatic heterocycles. The molecule has 1 aromatic heterocycles. The Morgan fingerprint density at radius 1 is 1.24 bits per heavy atom. The molecule has 170 valence electrons. The molecule has 2 N–H and O–H groups in total. The Morgan fingerprint density at radius 3 is 2.73 bits per heavy atom. The molecule has 4 amide bonds. The summed E-state index contributed by atoms with van der Waals surface area (Å²) >= 11 is 0. The first kappa shape index (κ1) is 22.2. The summed E-state index contributed by atoms with van der Waals surface area (Å²) in [6, 6.07) is 10.1. The van der Waals surface area contributed by atoms with Crippen LogP contribution in [0.3, 0.4) is 0 Å². The Balaban J connectivity index is 1.48. The third kappa shape index (κ3) is 4.77. The third-order valence-corrected chi connectivity index (χ3v) is 5.58. The van der Waals surface area contributed by atoms with E-state index in [1.807, 2.05) is 18.2 Å². The summed E-state index contributed by atoms with van der Waals surface area (Å²) in [5.41, 5.74) is 2.35. The largest absolute Gasteiger partial charge is 0.354 e. The van der Waals surface area contributed by atoms with Crippen LogP contribution in [0.5, 0.6) is 0 Å². The number of hydrogen-bond acceptors (Lipinski definition) is 4. The molecule has 0 saturated heterocycles. The number of halogens is 1. The van der Waals surface area contributed by atoms with E-state index in [0.29, 0.717) is 29.8 Å². The normalized spacial score (nSPS) is 17.7. The number of hydrogen-bond donors (Lipinski definition) is 2. The number of carbonyl (C=O) groups excluding carboxylic acids is 3. The lowest BCUT2D eigenvalue weighted by Gasteiger charge is -2.33. The van der Waals surface area contributed by atoms with Gasteiger partial charge in [-0.2, -0.15) is 0 Å². The lowest BCUT2D eigenvalue weighted by atomic mass is 9.95. The van der Waals surface area contributed by atoms with E-state index in [0.717, 1.165) is 5.69 Å². The maximum atomic E-state index is 13.4. The van der Waals surface area contributed by atoms with Crippen LogP contribution in [-0.4, -0.2) is 58.8 Å². The van der Waals surface area contributed by atoms with Gasteiger partial charge >= 0.3 is 6.03 Å². The third-order valence-electron chi connectivity index (χ3n) is 5.58. The predicted octanol–water partition coefficient (Wildman–Crippen LogP) is 1.93. The van der Waals surface area contributed by atoms with E-state index in [-0.39, 0.29) is 37.5 Å². The summed E-state index contributed by atoms with van der Waals surface area (Å²) < 4.78 is 13.4. The average molecular weight is 449 g/mol. The Hall–Kier alpha value is -4.01. The van der Waals surface area contributed by atoms with Crippen molar-refractivity contribution in [2.45, 2.75) is 12.5 Å². The van der Waals surface area contributed by atoms with Gasteiger partial charge in [0, 0.05) is 31.4 Å². The van der Waals surface area contributed by atoms with Crippen LogP contribution in [0.15, 0.2) is 72.6 Å². The molecule has 8 nitrogen and oxygen atoms in total. The molecule has 0 bridgehead atoms. The fraction of sp³-hybridized carbons (Fsp3) is 0.250. The summed E-state index contributed by atoms with van der Waals surface area (Å²) in [5.74, 6) is -1.05. The second kappa shape index (κ2) is 9.64. The van der Waals surface area contributed by atoms with E-state index in [2.05, 4.69) is 22.2 Å². The van der Waals surface area contributed by atoms with Crippen molar-refractivity contribution in [1.29, 1.82) is 0 Å². The molecule has 2 aliphatic rings. The van der Waals surface area contributed by atoms with Gasteiger partial charge in [-0.15, -0.1) is 6.58 Å². The Kier molecular flexibility index (Phi) is 6.48. The van der Waals surface area contributed by atoms with Crippen LogP contribution in [0, 0.1) is 5.82 Å².